The molecule has 0 aromatic carbocycles. The first-order valence-electron chi connectivity index (χ1n) is 9.31. The van der Waals surface area contributed by atoms with Crippen LogP contribution in [0.5, 0.6) is 5.88 Å². The second-order valence-electron chi connectivity index (χ2n) is 7.22. The van der Waals surface area contributed by atoms with Crippen molar-refractivity contribution in [3.63, 3.8) is 0 Å². The lowest BCUT2D eigenvalue weighted by Crippen LogP contribution is -2.56. The van der Waals surface area contributed by atoms with E-state index in [0.717, 1.165) is 41.4 Å². The molecule has 27 heavy (non-hydrogen) atoms. The summed E-state index contributed by atoms with van der Waals surface area (Å²) in [6, 6.07) is 5.43. The van der Waals surface area contributed by atoms with Crippen LogP contribution in [0.1, 0.15) is 30.1 Å². The van der Waals surface area contributed by atoms with Gasteiger partial charge >= 0.3 is 0 Å². The summed E-state index contributed by atoms with van der Waals surface area (Å²) in [7, 11) is 0. The van der Waals surface area contributed by atoms with E-state index in [1.54, 1.807) is 27.4 Å². The first-order chi connectivity index (χ1) is 13.2. The molecular formula is C19H20N4O3S. The van der Waals surface area contributed by atoms with Crippen LogP contribution in [-0.2, 0) is 17.6 Å². The van der Waals surface area contributed by atoms with Crippen molar-refractivity contribution in [2.45, 2.75) is 43.0 Å². The molecule has 1 fully saturated rings. The normalized spacial score (nSPS) is 20.9. The number of amides is 1. The second kappa shape index (κ2) is 6.67. The smallest absolute Gasteiger partial charge is 0.257 e. The number of carbonyl (C=O) groups is 1. The fourth-order valence-corrected chi connectivity index (χ4v) is 5.09. The molecular weight excluding hydrogens is 364 g/mol. The van der Waals surface area contributed by atoms with Gasteiger partial charge in [0.2, 0.25) is 11.8 Å². The third-order valence-corrected chi connectivity index (χ3v) is 6.51. The number of carbonyl (C=O) groups excluding carboxylic acids is 1. The molecule has 2 aromatic heterocycles. The van der Waals surface area contributed by atoms with Crippen LogP contribution in [0.2, 0.25) is 0 Å². The summed E-state index contributed by atoms with van der Waals surface area (Å²) in [5.74, 6) is 1.39. The molecule has 1 unspecified atom stereocenters. The van der Waals surface area contributed by atoms with Crippen molar-refractivity contribution >= 4 is 17.7 Å². The molecule has 3 aliphatic rings. The second-order valence-corrected chi connectivity index (χ2v) is 8.21. The molecule has 5 rings (SSSR count). The number of fused-ring (bicyclic) bond motifs is 2. The van der Waals surface area contributed by atoms with E-state index >= 15 is 0 Å². The van der Waals surface area contributed by atoms with Crippen molar-refractivity contribution in [1.29, 1.82) is 0 Å². The largest absolute Gasteiger partial charge is 0.471 e. The first-order valence-corrected chi connectivity index (χ1v) is 10.3. The zero-order valence-electron chi connectivity index (χ0n) is 14.8. The van der Waals surface area contributed by atoms with E-state index in [9.17, 15) is 9.59 Å². The molecule has 0 bridgehead atoms. The molecule has 0 radical (unpaired) electrons. The van der Waals surface area contributed by atoms with Gasteiger partial charge in [-0.25, -0.2) is 9.97 Å². The number of hydrogen-bond donors (Lipinski definition) is 0. The van der Waals surface area contributed by atoms with Crippen molar-refractivity contribution in [1.82, 2.24) is 19.4 Å². The average molecular weight is 384 g/mol. The maximum atomic E-state index is 12.8. The van der Waals surface area contributed by atoms with Crippen molar-refractivity contribution in [3.8, 4) is 5.88 Å². The summed E-state index contributed by atoms with van der Waals surface area (Å²) in [4.78, 5) is 36.1. The minimum Gasteiger partial charge on any atom is -0.471 e. The van der Waals surface area contributed by atoms with Crippen molar-refractivity contribution < 1.29 is 9.53 Å². The molecule has 4 heterocycles. The molecule has 1 atom stereocenters. The Morgan fingerprint density at radius 3 is 3.00 bits per heavy atom. The highest BCUT2D eigenvalue weighted by Gasteiger charge is 2.36. The van der Waals surface area contributed by atoms with Crippen LogP contribution in [-0.4, -0.2) is 50.3 Å². The third kappa shape index (κ3) is 3.01. The van der Waals surface area contributed by atoms with Gasteiger partial charge in [0, 0.05) is 30.0 Å². The lowest BCUT2D eigenvalue weighted by Gasteiger charge is -2.39. The Labute approximate surface area is 160 Å². The van der Waals surface area contributed by atoms with Gasteiger partial charge in [-0.15, -0.1) is 0 Å². The SMILES string of the molecule is O=C(CC1CSc2nc3c(c(=O)n21)CCC3)N1CC(Oc2ccccn2)C1. The van der Waals surface area contributed by atoms with Crippen molar-refractivity contribution in [2.24, 2.45) is 0 Å². The molecule has 0 saturated carbocycles. The van der Waals surface area contributed by atoms with Crippen LogP contribution < -0.4 is 10.3 Å². The highest BCUT2D eigenvalue weighted by molar-refractivity contribution is 7.99. The summed E-state index contributed by atoms with van der Waals surface area (Å²) >= 11 is 1.59. The molecule has 0 spiro atoms. The Bertz CT molecular complexity index is 940. The van der Waals surface area contributed by atoms with E-state index in [1.165, 1.54) is 0 Å². The van der Waals surface area contributed by atoms with E-state index in [2.05, 4.69) is 9.97 Å². The molecule has 1 aliphatic carbocycles. The van der Waals surface area contributed by atoms with Crippen LogP contribution in [0.3, 0.4) is 0 Å². The number of likely N-dealkylation sites (tertiary alicyclic amines) is 1. The summed E-state index contributed by atoms with van der Waals surface area (Å²) in [5.41, 5.74) is 1.88. The number of nitrogens with zero attached hydrogens (tertiary/aromatic N) is 4. The summed E-state index contributed by atoms with van der Waals surface area (Å²) in [6.45, 7) is 1.14. The monoisotopic (exact) mass is 384 g/mol. The Kier molecular flexibility index (Phi) is 4.15. The lowest BCUT2D eigenvalue weighted by molar-refractivity contribution is -0.140. The first kappa shape index (κ1) is 16.8. The summed E-state index contributed by atoms with van der Waals surface area (Å²) in [5, 5.41) is 0.776. The Hall–Kier alpha value is -2.35. The Morgan fingerprint density at radius 1 is 1.30 bits per heavy atom. The number of pyridine rings is 1. The molecule has 0 N–H and O–H groups in total. The molecule has 2 aromatic rings. The highest BCUT2D eigenvalue weighted by Crippen LogP contribution is 2.34. The zero-order chi connectivity index (χ0) is 18.4. The van der Waals surface area contributed by atoms with Crippen LogP contribution >= 0.6 is 11.8 Å². The van der Waals surface area contributed by atoms with Crippen LogP contribution in [0.25, 0.3) is 0 Å². The van der Waals surface area contributed by atoms with Gasteiger partial charge in [-0.1, -0.05) is 17.8 Å². The van der Waals surface area contributed by atoms with E-state index < -0.39 is 0 Å². The van der Waals surface area contributed by atoms with Gasteiger partial charge in [0.15, 0.2) is 5.16 Å². The number of ether oxygens (including phenoxy) is 1. The molecule has 140 valence electrons. The molecule has 1 amide bonds. The number of rotatable bonds is 4. The van der Waals surface area contributed by atoms with Gasteiger partial charge in [0.05, 0.1) is 24.8 Å². The van der Waals surface area contributed by atoms with Crippen LogP contribution in [0, 0.1) is 0 Å². The molecule has 1 saturated heterocycles. The zero-order valence-corrected chi connectivity index (χ0v) is 15.7. The van der Waals surface area contributed by atoms with Gasteiger partial charge in [-0.2, -0.15) is 0 Å². The van der Waals surface area contributed by atoms with Gasteiger partial charge in [-0.05, 0) is 25.3 Å². The Morgan fingerprint density at radius 2 is 2.19 bits per heavy atom. The van der Waals surface area contributed by atoms with Gasteiger partial charge < -0.3 is 9.64 Å². The standard InChI is InChI=1S/C19H20N4O3S/c24-17(22-9-13(10-22)26-16-6-1-2-7-20-16)8-12-11-27-19-21-15-5-3-4-14(15)18(25)23(12)19/h1-2,6-7,12-13H,3-5,8-11H2. The third-order valence-electron chi connectivity index (χ3n) is 5.41. The van der Waals surface area contributed by atoms with E-state index in [0.29, 0.717) is 25.4 Å². The van der Waals surface area contributed by atoms with E-state index in [-0.39, 0.29) is 23.6 Å². The summed E-state index contributed by atoms with van der Waals surface area (Å²) in [6.07, 6.45) is 4.73. The fraction of sp³-hybridized carbons (Fsp3) is 0.474. The lowest BCUT2D eigenvalue weighted by atomic mass is 10.1. The van der Waals surface area contributed by atoms with Crippen LogP contribution in [0.4, 0.5) is 0 Å². The van der Waals surface area contributed by atoms with Crippen molar-refractivity contribution in [3.05, 3.63) is 46.0 Å². The van der Waals surface area contributed by atoms with Crippen LogP contribution in [0.15, 0.2) is 34.3 Å². The maximum Gasteiger partial charge on any atom is 0.257 e. The van der Waals surface area contributed by atoms with Gasteiger partial charge in [0.25, 0.3) is 5.56 Å². The van der Waals surface area contributed by atoms with Gasteiger partial charge in [0.1, 0.15) is 6.10 Å². The number of thioether (sulfide) groups is 1. The molecule has 2 aliphatic heterocycles. The molecule has 8 heteroatoms. The highest BCUT2D eigenvalue weighted by atomic mass is 32.2. The number of aryl methyl sites for hydroxylation is 1. The van der Waals surface area contributed by atoms with E-state index in [1.807, 2.05) is 18.2 Å². The fourth-order valence-electron chi connectivity index (χ4n) is 3.94. The average Bonchev–Trinajstić information content (AvgIpc) is 3.26. The molecule has 7 nitrogen and oxygen atoms in total. The minimum absolute atomic E-state index is 0.0123. The minimum atomic E-state index is -0.0980. The van der Waals surface area contributed by atoms with Gasteiger partial charge in [-0.3, -0.25) is 14.2 Å². The Balaban J connectivity index is 1.22. The predicted molar refractivity (Wildman–Crippen MR) is 100 cm³/mol. The number of aromatic nitrogens is 3. The topological polar surface area (TPSA) is 77.3 Å². The van der Waals surface area contributed by atoms with E-state index in [4.69, 9.17) is 4.74 Å². The summed E-state index contributed by atoms with van der Waals surface area (Å²) < 4.78 is 7.51. The predicted octanol–water partition coefficient (Wildman–Crippen LogP) is 1.45. The maximum absolute atomic E-state index is 12.8. The quantitative estimate of drug-likeness (QED) is 0.743. The van der Waals surface area contributed by atoms with Crippen molar-refractivity contribution in [2.75, 3.05) is 18.8 Å². The number of hydrogen-bond acceptors (Lipinski definition) is 6.